The number of rotatable bonds is 15. The molecule has 244 valence electrons. The van der Waals surface area contributed by atoms with Gasteiger partial charge in [0.15, 0.2) is 0 Å². The molecule has 0 bridgehead atoms. The molecule has 2 aliphatic rings. The molecular formula is C39H46O7. The topological polar surface area (TPSA) is 75.6 Å². The van der Waals surface area contributed by atoms with Crippen molar-refractivity contribution in [1.82, 2.24) is 0 Å². The molecule has 2 heterocycles. The van der Waals surface area contributed by atoms with Crippen molar-refractivity contribution < 1.29 is 33.5 Å². The second-order valence-corrected chi connectivity index (χ2v) is 11.8. The molecule has 0 amide bonds. The zero-order valence-electron chi connectivity index (χ0n) is 26.7. The Hall–Kier alpha value is -3.48. The molecule has 0 unspecified atom stereocenters. The van der Waals surface area contributed by atoms with E-state index in [9.17, 15) is 5.11 Å². The molecule has 7 atom stereocenters. The fourth-order valence-electron chi connectivity index (χ4n) is 5.93. The highest BCUT2D eigenvalue weighted by Gasteiger charge is 2.52. The molecule has 3 aromatic carbocycles. The predicted octanol–water partition coefficient (Wildman–Crippen LogP) is 6.42. The van der Waals surface area contributed by atoms with E-state index in [4.69, 9.17) is 28.4 Å². The van der Waals surface area contributed by atoms with Gasteiger partial charge in [-0.05, 0) is 41.7 Å². The van der Waals surface area contributed by atoms with Crippen molar-refractivity contribution in [3.63, 3.8) is 0 Å². The lowest BCUT2D eigenvalue weighted by molar-refractivity contribution is -0.297. The van der Waals surface area contributed by atoms with Gasteiger partial charge in [-0.2, -0.15) is 0 Å². The lowest BCUT2D eigenvalue weighted by Gasteiger charge is -2.50. The molecule has 7 nitrogen and oxygen atoms in total. The van der Waals surface area contributed by atoms with Crippen LogP contribution in [0.2, 0.25) is 0 Å². The number of unbranched alkanes of at least 4 members (excludes halogenated alkanes) is 1. The van der Waals surface area contributed by atoms with Gasteiger partial charge in [-0.1, -0.05) is 78.9 Å². The Labute approximate surface area is 273 Å². The first kappa shape index (κ1) is 33.9. The normalized spacial score (nSPS) is 25.6. The lowest BCUT2D eigenvalue weighted by atomic mass is 9.86. The van der Waals surface area contributed by atoms with Crippen molar-refractivity contribution in [3.8, 4) is 17.6 Å². The molecule has 0 radical (unpaired) electrons. The summed E-state index contributed by atoms with van der Waals surface area (Å²) in [5.74, 6) is 7.30. The van der Waals surface area contributed by atoms with Crippen LogP contribution in [0.1, 0.15) is 48.8 Å². The van der Waals surface area contributed by atoms with Gasteiger partial charge in [-0.15, -0.1) is 18.4 Å². The van der Waals surface area contributed by atoms with Gasteiger partial charge in [0.25, 0.3) is 0 Å². The Morgan fingerprint density at radius 2 is 1.46 bits per heavy atom. The van der Waals surface area contributed by atoms with Gasteiger partial charge >= 0.3 is 0 Å². The van der Waals surface area contributed by atoms with Crippen molar-refractivity contribution in [2.24, 2.45) is 0 Å². The highest BCUT2D eigenvalue weighted by atomic mass is 16.6. The number of aliphatic hydroxyl groups is 1. The van der Waals surface area contributed by atoms with Gasteiger partial charge in [0.2, 0.25) is 0 Å². The van der Waals surface area contributed by atoms with Gasteiger partial charge < -0.3 is 33.5 Å². The summed E-state index contributed by atoms with van der Waals surface area (Å²) in [7, 11) is 1.66. The maximum Gasteiger partial charge on any atom is 0.118 e. The molecule has 2 aliphatic heterocycles. The highest BCUT2D eigenvalue weighted by molar-refractivity contribution is 5.26. The second-order valence-electron chi connectivity index (χ2n) is 11.8. The van der Waals surface area contributed by atoms with Crippen molar-refractivity contribution in [1.29, 1.82) is 0 Å². The van der Waals surface area contributed by atoms with Crippen LogP contribution in [0, 0.1) is 11.8 Å². The minimum Gasteiger partial charge on any atom is -0.497 e. The van der Waals surface area contributed by atoms with Crippen LogP contribution in [0.15, 0.2) is 97.6 Å². The summed E-state index contributed by atoms with van der Waals surface area (Å²) in [6.07, 6.45) is 1.91. The van der Waals surface area contributed by atoms with Crippen LogP contribution >= 0.6 is 0 Å². The van der Waals surface area contributed by atoms with Crippen molar-refractivity contribution in [2.45, 2.75) is 94.7 Å². The van der Waals surface area contributed by atoms with Gasteiger partial charge in [0.05, 0.1) is 51.3 Å². The van der Waals surface area contributed by atoms with Crippen LogP contribution in [0.3, 0.4) is 0 Å². The fraction of sp³-hybridized carbons (Fsp3) is 0.436. The van der Waals surface area contributed by atoms with Crippen LogP contribution < -0.4 is 4.74 Å². The molecule has 0 aromatic heterocycles. The van der Waals surface area contributed by atoms with Gasteiger partial charge in [0, 0.05) is 25.9 Å². The number of ether oxygens (including phenoxy) is 6. The van der Waals surface area contributed by atoms with E-state index < -0.39 is 24.4 Å². The largest absolute Gasteiger partial charge is 0.497 e. The summed E-state index contributed by atoms with van der Waals surface area (Å²) < 4.78 is 37.3. The predicted molar refractivity (Wildman–Crippen MR) is 177 cm³/mol. The van der Waals surface area contributed by atoms with Crippen LogP contribution in [0.5, 0.6) is 5.75 Å². The van der Waals surface area contributed by atoms with Crippen LogP contribution in [-0.4, -0.2) is 61.6 Å². The number of hydrogen-bond acceptors (Lipinski definition) is 7. The van der Waals surface area contributed by atoms with E-state index in [-0.39, 0.29) is 18.3 Å². The summed E-state index contributed by atoms with van der Waals surface area (Å²) in [6, 6.07) is 28.1. The monoisotopic (exact) mass is 626 g/mol. The molecule has 2 fully saturated rings. The molecule has 46 heavy (non-hydrogen) atoms. The Morgan fingerprint density at radius 3 is 2.11 bits per heavy atom. The van der Waals surface area contributed by atoms with Crippen LogP contribution in [-0.2, 0) is 43.5 Å². The fourth-order valence-corrected chi connectivity index (χ4v) is 5.93. The zero-order valence-corrected chi connectivity index (χ0v) is 26.7. The van der Waals surface area contributed by atoms with Gasteiger partial charge in [0.1, 0.15) is 24.1 Å². The number of hydrogen-bond donors (Lipinski definition) is 1. The third-order valence-corrected chi connectivity index (χ3v) is 8.38. The maximum atomic E-state index is 11.1. The highest BCUT2D eigenvalue weighted by Crippen LogP contribution is 2.37. The lowest BCUT2D eigenvalue weighted by Crippen LogP contribution is -2.64. The van der Waals surface area contributed by atoms with E-state index in [1.807, 2.05) is 91.0 Å². The quantitative estimate of drug-likeness (QED) is 0.119. The molecule has 5 rings (SSSR count). The summed E-state index contributed by atoms with van der Waals surface area (Å²) in [6.45, 7) is 5.98. The van der Waals surface area contributed by atoms with E-state index in [1.54, 1.807) is 7.11 Å². The smallest absolute Gasteiger partial charge is 0.118 e. The average Bonchev–Trinajstić information content (AvgIpc) is 3.09. The maximum absolute atomic E-state index is 11.1. The number of fused-ring (bicyclic) bond motifs is 1. The van der Waals surface area contributed by atoms with Crippen molar-refractivity contribution in [2.75, 3.05) is 13.7 Å². The summed E-state index contributed by atoms with van der Waals surface area (Å²) in [5, 5.41) is 11.1. The third kappa shape index (κ3) is 9.76. The molecule has 1 N–H and O–H groups in total. The Kier molecular flexibility index (Phi) is 13.3. The average molecular weight is 627 g/mol. The van der Waals surface area contributed by atoms with E-state index in [0.717, 1.165) is 28.9 Å². The molecule has 0 saturated carbocycles. The van der Waals surface area contributed by atoms with Crippen LogP contribution in [0.25, 0.3) is 0 Å². The first-order chi connectivity index (χ1) is 22.6. The van der Waals surface area contributed by atoms with E-state index in [1.165, 1.54) is 0 Å². The molecule has 3 aromatic rings. The number of methoxy groups -OCH3 is 1. The molecular weight excluding hydrogens is 580 g/mol. The standard InChI is InChI=1S/C39H46O7/c1-3-14-35-37(43-27-29-15-8-6-9-16-29)39(44-28-30-17-10-7-11-18-30)38-36(45-35)25-33(40)34(46-38)19-12-4-5-13-24-42-26-31-20-22-32(41-2)23-21-31/h3,6-11,15-18,20-23,33-40H,1,5,13-14,19,24-28H2,2H3/t33-,34+,35-,36+,37-,38+,39+/m0/s1. The van der Waals surface area contributed by atoms with Crippen molar-refractivity contribution in [3.05, 3.63) is 114 Å². The minimum atomic E-state index is -0.690. The summed E-state index contributed by atoms with van der Waals surface area (Å²) >= 11 is 0. The summed E-state index contributed by atoms with van der Waals surface area (Å²) in [4.78, 5) is 0. The Morgan fingerprint density at radius 1 is 0.804 bits per heavy atom. The van der Waals surface area contributed by atoms with E-state index in [2.05, 4.69) is 18.4 Å². The molecule has 0 spiro atoms. The van der Waals surface area contributed by atoms with E-state index >= 15 is 0 Å². The third-order valence-electron chi connectivity index (χ3n) is 8.38. The Bertz CT molecular complexity index is 1370. The zero-order chi connectivity index (χ0) is 32.0. The summed E-state index contributed by atoms with van der Waals surface area (Å²) in [5.41, 5.74) is 3.25. The van der Waals surface area contributed by atoms with Gasteiger partial charge in [-0.25, -0.2) is 0 Å². The number of aliphatic hydroxyl groups excluding tert-OH is 1. The first-order valence-corrected chi connectivity index (χ1v) is 16.2. The van der Waals surface area contributed by atoms with Gasteiger partial charge in [-0.3, -0.25) is 0 Å². The van der Waals surface area contributed by atoms with E-state index in [0.29, 0.717) is 52.1 Å². The molecule has 0 aliphatic carbocycles. The SMILES string of the molecule is C=CC[C@@H]1O[C@@H]2C[C@H](O)[C@@H](CC#CCCCOCc3ccc(OC)cc3)O[C@H]2[C@H](OCc2ccccc2)[C@H]1OCc1ccccc1. The minimum absolute atomic E-state index is 0.276. The second kappa shape index (κ2) is 18.0. The first-order valence-electron chi connectivity index (χ1n) is 16.2. The molecule has 7 heteroatoms. The number of benzene rings is 3. The molecule has 2 saturated heterocycles. The Balaban J connectivity index is 1.19. The van der Waals surface area contributed by atoms with Crippen molar-refractivity contribution >= 4 is 0 Å². The van der Waals surface area contributed by atoms with Crippen LogP contribution in [0.4, 0.5) is 0 Å².